The average Bonchev–Trinajstić information content (AvgIpc) is 2.80. The van der Waals surface area contributed by atoms with Gasteiger partial charge in [0, 0.05) is 18.8 Å². The van der Waals surface area contributed by atoms with Gasteiger partial charge in [-0.05, 0) is 31.0 Å². The number of sulfonamides is 1. The minimum absolute atomic E-state index is 0.0162. The van der Waals surface area contributed by atoms with Gasteiger partial charge in [-0.15, -0.1) is 0 Å². The zero-order valence-electron chi connectivity index (χ0n) is 11.5. The molecule has 0 aliphatic carbocycles. The van der Waals surface area contributed by atoms with Crippen LogP contribution in [0.2, 0.25) is 0 Å². The van der Waals surface area contributed by atoms with Crippen molar-refractivity contribution in [3.05, 3.63) is 18.2 Å². The van der Waals surface area contributed by atoms with Crippen molar-refractivity contribution in [1.29, 1.82) is 0 Å². The van der Waals surface area contributed by atoms with E-state index in [0.717, 1.165) is 12.8 Å². The van der Waals surface area contributed by atoms with E-state index in [-0.39, 0.29) is 22.8 Å². The number of nitrogen functional groups attached to an aromatic ring is 1. The number of carbonyl (C=O) groups is 1. The number of benzene rings is 1. The number of fused-ring (bicyclic) bond motifs is 1. The van der Waals surface area contributed by atoms with Gasteiger partial charge in [-0.2, -0.15) is 0 Å². The Morgan fingerprint density at radius 2 is 2.10 bits per heavy atom. The van der Waals surface area contributed by atoms with E-state index in [1.807, 2.05) is 4.90 Å². The molecule has 0 aromatic heterocycles. The van der Waals surface area contributed by atoms with Crippen LogP contribution >= 0.6 is 0 Å². The number of carbonyl (C=O) groups excluding carboxylic acids is 1. The summed E-state index contributed by atoms with van der Waals surface area (Å²) in [6.45, 7) is 1.22. The smallest absolute Gasteiger partial charge is 0.240 e. The van der Waals surface area contributed by atoms with Crippen LogP contribution in [0.1, 0.15) is 12.8 Å². The molecule has 2 aliphatic rings. The van der Waals surface area contributed by atoms with Crippen LogP contribution in [0.4, 0.5) is 11.4 Å². The molecule has 114 valence electrons. The lowest BCUT2D eigenvalue weighted by molar-refractivity contribution is -0.122. The molecule has 2 saturated heterocycles. The molecule has 0 radical (unpaired) electrons. The molecule has 0 bridgehead atoms. The van der Waals surface area contributed by atoms with Crippen molar-refractivity contribution < 1.29 is 13.2 Å². The lowest BCUT2D eigenvalue weighted by Gasteiger charge is -2.38. The number of primary sulfonamides is 1. The predicted octanol–water partition coefficient (Wildman–Crippen LogP) is -0.369. The molecule has 2 heterocycles. The average molecular weight is 310 g/mol. The fourth-order valence-corrected chi connectivity index (χ4v) is 4.02. The summed E-state index contributed by atoms with van der Waals surface area (Å²) in [5, 5.41) is 8.15. The number of anilines is 2. The summed E-state index contributed by atoms with van der Waals surface area (Å²) in [5.74, 6) is -0.0538. The molecule has 0 spiro atoms. The molecule has 21 heavy (non-hydrogen) atoms. The summed E-state index contributed by atoms with van der Waals surface area (Å²) in [6.07, 6.45) is 1.66. The first-order chi connectivity index (χ1) is 9.88. The third kappa shape index (κ3) is 2.44. The third-order valence-corrected chi connectivity index (χ3v) is 5.14. The summed E-state index contributed by atoms with van der Waals surface area (Å²) in [4.78, 5) is 13.8. The highest BCUT2D eigenvalue weighted by Gasteiger charge is 2.41. The van der Waals surface area contributed by atoms with Gasteiger partial charge in [0.2, 0.25) is 15.9 Å². The maximum atomic E-state index is 11.8. The van der Waals surface area contributed by atoms with Crippen molar-refractivity contribution in [2.45, 2.75) is 23.8 Å². The Morgan fingerprint density at radius 3 is 2.81 bits per heavy atom. The number of hydrogen-bond acceptors (Lipinski definition) is 5. The summed E-state index contributed by atoms with van der Waals surface area (Å²) < 4.78 is 23.6. The zero-order valence-corrected chi connectivity index (χ0v) is 12.3. The number of rotatable bonds is 2. The van der Waals surface area contributed by atoms with E-state index in [0.29, 0.717) is 24.5 Å². The molecule has 3 rings (SSSR count). The van der Waals surface area contributed by atoms with Gasteiger partial charge in [0.25, 0.3) is 0 Å². The Balaban J connectivity index is 2.06. The van der Waals surface area contributed by atoms with E-state index in [1.165, 1.54) is 6.07 Å². The quantitative estimate of drug-likeness (QED) is 0.644. The predicted molar refractivity (Wildman–Crippen MR) is 79.1 cm³/mol. The minimum atomic E-state index is -3.87. The maximum absolute atomic E-state index is 11.8. The number of amides is 1. The summed E-state index contributed by atoms with van der Waals surface area (Å²) in [5.41, 5.74) is 6.55. The highest BCUT2D eigenvalue weighted by atomic mass is 32.2. The first kappa shape index (κ1) is 14.2. The lowest BCUT2D eigenvalue weighted by Crippen LogP contribution is -2.46. The van der Waals surface area contributed by atoms with Crippen LogP contribution in [-0.4, -0.2) is 33.5 Å². The van der Waals surface area contributed by atoms with Gasteiger partial charge in [-0.1, -0.05) is 0 Å². The molecule has 2 fully saturated rings. The highest BCUT2D eigenvalue weighted by Crippen LogP contribution is 2.35. The second-order valence-corrected chi connectivity index (χ2v) is 7.06. The van der Waals surface area contributed by atoms with Crippen LogP contribution in [-0.2, 0) is 14.8 Å². The van der Waals surface area contributed by atoms with Crippen LogP contribution in [0.25, 0.3) is 0 Å². The Bertz CT molecular complexity index is 689. The Hall–Kier alpha value is -1.80. The Morgan fingerprint density at radius 1 is 1.33 bits per heavy atom. The maximum Gasteiger partial charge on any atom is 0.240 e. The molecule has 1 aromatic carbocycles. The van der Waals surface area contributed by atoms with Crippen molar-refractivity contribution in [3.8, 4) is 0 Å². The van der Waals surface area contributed by atoms with Crippen molar-refractivity contribution in [2.75, 3.05) is 23.7 Å². The Labute approximate surface area is 123 Å². The van der Waals surface area contributed by atoms with Gasteiger partial charge in [-0.3, -0.25) is 4.79 Å². The van der Waals surface area contributed by atoms with Crippen LogP contribution < -0.4 is 21.1 Å². The minimum Gasteiger partial charge on any atom is -0.399 e. The van der Waals surface area contributed by atoms with Gasteiger partial charge >= 0.3 is 0 Å². The SMILES string of the molecule is Nc1ccc(N2CCCC3C(=O)NCC32)c(S(N)(=O)=O)c1. The van der Waals surface area contributed by atoms with Gasteiger partial charge in [0.05, 0.1) is 17.6 Å². The van der Waals surface area contributed by atoms with Crippen molar-refractivity contribution in [3.63, 3.8) is 0 Å². The van der Waals surface area contributed by atoms with Gasteiger partial charge < -0.3 is 16.0 Å². The van der Waals surface area contributed by atoms with Gasteiger partial charge in [0.15, 0.2) is 0 Å². The molecule has 7 nitrogen and oxygen atoms in total. The molecule has 1 aromatic rings. The monoisotopic (exact) mass is 310 g/mol. The molecule has 5 N–H and O–H groups in total. The summed E-state index contributed by atoms with van der Waals surface area (Å²) in [7, 11) is -3.87. The zero-order chi connectivity index (χ0) is 15.2. The van der Waals surface area contributed by atoms with E-state index >= 15 is 0 Å². The fraction of sp³-hybridized carbons (Fsp3) is 0.462. The van der Waals surface area contributed by atoms with E-state index in [2.05, 4.69) is 5.32 Å². The van der Waals surface area contributed by atoms with E-state index in [9.17, 15) is 13.2 Å². The standard InChI is InChI=1S/C13H18N4O3S/c14-8-3-4-10(12(6-8)21(15,19)20)17-5-1-2-9-11(17)7-16-13(9)18/h3-4,6,9,11H,1-2,5,7,14H2,(H,16,18)(H2,15,19,20). The largest absolute Gasteiger partial charge is 0.399 e. The molecule has 1 amide bonds. The van der Waals surface area contributed by atoms with Crippen LogP contribution in [0, 0.1) is 5.92 Å². The van der Waals surface area contributed by atoms with Gasteiger partial charge in [-0.25, -0.2) is 13.6 Å². The van der Waals surface area contributed by atoms with E-state index in [4.69, 9.17) is 10.9 Å². The first-order valence-corrected chi connectivity index (χ1v) is 8.39. The number of piperidine rings is 1. The van der Waals surface area contributed by atoms with Gasteiger partial charge in [0.1, 0.15) is 4.90 Å². The highest BCUT2D eigenvalue weighted by molar-refractivity contribution is 7.89. The second-order valence-electron chi connectivity index (χ2n) is 5.53. The van der Waals surface area contributed by atoms with Crippen molar-refractivity contribution >= 4 is 27.3 Å². The topological polar surface area (TPSA) is 119 Å². The molecule has 8 heteroatoms. The second kappa shape index (κ2) is 4.88. The van der Waals surface area contributed by atoms with E-state index < -0.39 is 10.0 Å². The molecule has 2 atom stereocenters. The number of nitrogens with zero attached hydrogens (tertiary/aromatic N) is 1. The van der Waals surface area contributed by atoms with Crippen LogP contribution in [0.15, 0.2) is 23.1 Å². The number of nitrogens with two attached hydrogens (primary N) is 2. The number of hydrogen-bond donors (Lipinski definition) is 3. The van der Waals surface area contributed by atoms with Crippen LogP contribution in [0.3, 0.4) is 0 Å². The molecular weight excluding hydrogens is 292 g/mol. The summed E-state index contributed by atoms with van der Waals surface area (Å²) >= 11 is 0. The number of nitrogens with one attached hydrogen (secondary N) is 1. The lowest BCUT2D eigenvalue weighted by atomic mass is 9.91. The molecular formula is C13H18N4O3S. The van der Waals surface area contributed by atoms with Crippen molar-refractivity contribution in [1.82, 2.24) is 5.32 Å². The molecule has 0 saturated carbocycles. The van der Waals surface area contributed by atoms with Crippen LogP contribution in [0.5, 0.6) is 0 Å². The third-order valence-electron chi connectivity index (χ3n) is 4.20. The fourth-order valence-electron chi connectivity index (χ4n) is 3.25. The summed E-state index contributed by atoms with van der Waals surface area (Å²) in [6, 6.07) is 4.66. The molecule has 2 unspecified atom stereocenters. The van der Waals surface area contributed by atoms with E-state index in [1.54, 1.807) is 12.1 Å². The molecule has 2 aliphatic heterocycles. The Kier molecular flexibility index (Phi) is 3.29. The van der Waals surface area contributed by atoms with Crippen molar-refractivity contribution in [2.24, 2.45) is 11.1 Å². The normalized spacial score (nSPS) is 25.6. The first-order valence-electron chi connectivity index (χ1n) is 6.84.